The summed E-state index contributed by atoms with van der Waals surface area (Å²) in [6.45, 7) is 7.26. The lowest BCUT2D eigenvalue weighted by atomic mass is 9.39. The van der Waals surface area contributed by atoms with E-state index in [1.807, 2.05) is 13.8 Å². The summed E-state index contributed by atoms with van der Waals surface area (Å²) < 4.78 is 4.70. The zero-order valence-electron chi connectivity index (χ0n) is 8.68. The van der Waals surface area contributed by atoms with Crippen LogP contribution in [-0.2, 0) is 14.3 Å². The number of ether oxygens (including phenoxy) is 1. The van der Waals surface area contributed by atoms with Crippen LogP contribution in [0.25, 0.3) is 0 Å². The van der Waals surface area contributed by atoms with Crippen LogP contribution in [0.3, 0.4) is 0 Å². The van der Waals surface area contributed by atoms with Crippen molar-refractivity contribution < 1.29 is 14.3 Å². The summed E-state index contributed by atoms with van der Waals surface area (Å²) in [4.78, 5) is 23.2. The molecule has 2 fully saturated rings. The quantitative estimate of drug-likeness (QED) is 0.352. The lowest BCUT2D eigenvalue weighted by Gasteiger charge is -2.62. The Hall–Kier alpha value is -0.570. The molecule has 0 aromatic carbocycles. The highest BCUT2D eigenvalue weighted by Crippen LogP contribution is 2.73. The predicted molar refractivity (Wildman–Crippen MR) is 50.7 cm³/mol. The third kappa shape index (κ3) is 0.602. The summed E-state index contributed by atoms with van der Waals surface area (Å²) in [5.74, 6) is -0.920. The van der Waals surface area contributed by atoms with E-state index in [2.05, 4.69) is 0 Å². The van der Waals surface area contributed by atoms with Gasteiger partial charge < -0.3 is 4.74 Å². The van der Waals surface area contributed by atoms with Gasteiger partial charge in [0.15, 0.2) is 0 Å². The van der Waals surface area contributed by atoms with Gasteiger partial charge in [-0.1, -0.05) is 13.8 Å². The minimum atomic E-state index is -0.852. The number of carbonyl (C=O) groups excluding carboxylic acids is 2. The normalized spacial score (nSPS) is 49.6. The van der Waals surface area contributed by atoms with E-state index in [0.717, 1.165) is 0 Å². The van der Waals surface area contributed by atoms with E-state index in [4.69, 9.17) is 16.3 Å². The predicted octanol–water partition coefficient (Wildman–Crippen LogP) is 1.73. The van der Waals surface area contributed by atoms with Crippen LogP contribution in [0.4, 0.5) is 0 Å². The lowest BCUT2D eigenvalue weighted by molar-refractivity contribution is -0.176. The molecule has 0 N–H and O–H groups in total. The second kappa shape index (κ2) is 2.16. The minimum Gasteiger partial charge on any atom is -0.392 e. The molecule has 14 heavy (non-hydrogen) atoms. The van der Waals surface area contributed by atoms with E-state index in [0.29, 0.717) is 0 Å². The van der Waals surface area contributed by atoms with Gasteiger partial charge in [0.2, 0.25) is 0 Å². The Balaban J connectivity index is 2.60. The molecular formula is C10H13ClO3. The molecule has 1 aliphatic heterocycles. The third-order valence-corrected chi connectivity index (χ3v) is 5.47. The summed E-state index contributed by atoms with van der Waals surface area (Å²) in [7, 11) is 0. The number of rotatable bonds is 0. The summed E-state index contributed by atoms with van der Waals surface area (Å²) in [6.07, 6.45) is 0. The van der Waals surface area contributed by atoms with E-state index in [9.17, 15) is 9.59 Å². The molecule has 2 rings (SSSR count). The minimum absolute atomic E-state index is 0.348. The highest BCUT2D eigenvalue weighted by molar-refractivity contribution is 6.27. The SMILES string of the molecule is CC1(C)C(Cl)C2(C)C(=O)OC(=O)C12C. The molecule has 3 nitrogen and oxygen atoms in total. The van der Waals surface area contributed by atoms with Gasteiger partial charge in [0.1, 0.15) is 0 Å². The van der Waals surface area contributed by atoms with Crippen molar-refractivity contribution in [2.45, 2.75) is 33.1 Å². The summed E-state index contributed by atoms with van der Waals surface area (Å²) in [6, 6.07) is 0. The number of cyclic esters (lactones) is 2. The molecule has 0 aromatic heterocycles. The highest BCUT2D eigenvalue weighted by atomic mass is 35.5. The number of hydrogen-bond donors (Lipinski definition) is 0. The van der Waals surface area contributed by atoms with Crippen molar-refractivity contribution in [1.29, 1.82) is 0 Å². The van der Waals surface area contributed by atoms with E-state index in [-0.39, 0.29) is 5.38 Å². The van der Waals surface area contributed by atoms with Gasteiger partial charge in [0, 0.05) is 0 Å². The second-order valence-corrected chi connectivity index (χ2v) is 5.53. The van der Waals surface area contributed by atoms with Gasteiger partial charge in [-0.2, -0.15) is 0 Å². The molecule has 1 heterocycles. The van der Waals surface area contributed by atoms with Crippen molar-refractivity contribution >= 4 is 23.5 Å². The average Bonchev–Trinajstić information content (AvgIpc) is 2.27. The van der Waals surface area contributed by atoms with Crippen LogP contribution in [0.5, 0.6) is 0 Å². The molecule has 3 atom stereocenters. The molecule has 0 aromatic rings. The van der Waals surface area contributed by atoms with E-state index in [1.165, 1.54) is 0 Å². The van der Waals surface area contributed by atoms with Crippen molar-refractivity contribution in [2.75, 3.05) is 0 Å². The molecule has 0 bridgehead atoms. The summed E-state index contributed by atoms with van der Waals surface area (Å²) in [5, 5.41) is -0.348. The zero-order chi connectivity index (χ0) is 10.9. The van der Waals surface area contributed by atoms with Gasteiger partial charge in [-0.05, 0) is 19.3 Å². The molecule has 1 saturated heterocycles. The van der Waals surface area contributed by atoms with Crippen LogP contribution < -0.4 is 0 Å². The number of carbonyl (C=O) groups is 2. The topological polar surface area (TPSA) is 43.4 Å². The van der Waals surface area contributed by atoms with Crippen LogP contribution in [0.1, 0.15) is 27.7 Å². The first kappa shape index (κ1) is 9.97. The Kier molecular flexibility index (Phi) is 1.54. The first-order chi connectivity index (χ1) is 6.20. The molecule has 0 spiro atoms. The van der Waals surface area contributed by atoms with Crippen molar-refractivity contribution in [1.82, 2.24) is 0 Å². The molecule has 78 valence electrons. The fourth-order valence-electron chi connectivity index (χ4n) is 2.90. The second-order valence-electron chi connectivity index (χ2n) is 5.09. The maximum atomic E-state index is 11.6. The smallest absolute Gasteiger partial charge is 0.322 e. The van der Waals surface area contributed by atoms with Crippen molar-refractivity contribution in [3.8, 4) is 0 Å². The Morgan fingerprint density at radius 1 is 1.14 bits per heavy atom. The largest absolute Gasteiger partial charge is 0.392 e. The molecule has 1 aliphatic carbocycles. The Morgan fingerprint density at radius 2 is 1.64 bits per heavy atom. The molecule has 2 aliphatic rings. The maximum absolute atomic E-state index is 11.6. The Morgan fingerprint density at radius 3 is 2.07 bits per heavy atom. The molecular weight excluding hydrogens is 204 g/mol. The van der Waals surface area contributed by atoms with Crippen LogP contribution in [0, 0.1) is 16.2 Å². The zero-order valence-corrected chi connectivity index (χ0v) is 9.44. The molecule has 4 heteroatoms. The van der Waals surface area contributed by atoms with Crippen LogP contribution in [0.2, 0.25) is 0 Å². The Bertz CT molecular complexity index is 349. The standard InChI is InChI=1S/C10H13ClO3/c1-8(2)5(11)9(3)6(12)14-7(13)10(8,9)4/h5H,1-4H3. The fraction of sp³-hybridized carbons (Fsp3) is 0.800. The van der Waals surface area contributed by atoms with Gasteiger partial charge in [0.25, 0.3) is 0 Å². The van der Waals surface area contributed by atoms with Gasteiger partial charge >= 0.3 is 11.9 Å². The highest BCUT2D eigenvalue weighted by Gasteiger charge is 2.82. The fourth-order valence-corrected chi connectivity index (χ4v) is 3.42. The number of fused-ring (bicyclic) bond motifs is 1. The molecule has 0 radical (unpaired) electrons. The first-order valence-electron chi connectivity index (χ1n) is 4.61. The molecule has 0 amide bonds. The number of alkyl halides is 1. The average molecular weight is 217 g/mol. The first-order valence-corrected chi connectivity index (χ1v) is 5.05. The van der Waals surface area contributed by atoms with Gasteiger partial charge in [0.05, 0.1) is 16.2 Å². The summed E-state index contributed by atoms with van der Waals surface area (Å²) >= 11 is 6.18. The van der Waals surface area contributed by atoms with E-state index >= 15 is 0 Å². The summed E-state index contributed by atoms with van der Waals surface area (Å²) in [5.41, 5.74) is -2.02. The van der Waals surface area contributed by atoms with Crippen LogP contribution in [-0.4, -0.2) is 17.3 Å². The number of halogens is 1. The third-order valence-electron chi connectivity index (χ3n) is 4.49. The van der Waals surface area contributed by atoms with Crippen molar-refractivity contribution in [3.63, 3.8) is 0 Å². The van der Waals surface area contributed by atoms with Gasteiger partial charge in [-0.25, -0.2) is 0 Å². The molecule has 1 saturated carbocycles. The van der Waals surface area contributed by atoms with Crippen molar-refractivity contribution in [3.05, 3.63) is 0 Å². The molecule has 3 unspecified atom stereocenters. The number of hydrogen-bond acceptors (Lipinski definition) is 3. The Labute approximate surface area is 87.8 Å². The van der Waals surface area contributed by atoms with Crippen LogP contribution >= 0.6 is 11.6 Å². The van der Waals surface area contributed by atoms with E-state index < -0.39 is 28.2 Å². The number of esters is 2. The maximum Gasteiger partial charge on any atom is 0.322 e. The van der Waals surface area contributed by atoms with Crippen molar-refractivity contribution in [2.24, 2.45) is 16.2 Å². The van der Waals surface area contributed by atoms with E-state index in [1.54, 1.807) is 13.8 Å². The van der Waals surface area contributed by atoms with Gasteiger partial charge in [-0.3, -0.25) is 9.59 Å². The van der Waals surface area contributed by atoms with Gasteiger partial charge in [-0.15, -0.1) is 11.6 Å². The lowest BCUT2D eigenvalue weighted by Crippen LogP contribution is -2.70. The van der Waals surface area contributed by atoms with Crippen LogP contribution in [0.15, 0.2) is 0 Å². The monoisotopic (exact) mass is 216 g/mol.